The topological polar surface area (TPSA) is 64.6 Å². The summed E-state index contributed by atoms with van der Waals surface area (Å²) in [7, 11) is 1.52. The van der Waals surface area contributed by atoms with Gasteiger partial charge in [0.2, 0.25) is 5.91 Å². The van der Waals surface area contributed by atoms with Gasteiger partial charge >= 0.3 is 5.97 Å². The third-order valence-electron chi connectivity index (χ3n) is 1.80. The smallest absolute Gasteiger partial charge is 0.329 e. The molecule has 106 valence electrons. The van der Waals surface area contributed by atoms with E-state index in [2.05, 4.69) is 30.6 Å². The van der Waals surface area contributed by atoms with E-state index in [1.807, 2.05) is 0 Å². The quantitative estimate of drug-likeness (QED) is 0.307. The molecular formula is C10H19NO4S3. The van der Waals surface area contributed by atoms with Gasteiger partial charge in [-0.05, 0) is 5.75 Å². The number of ether oxygens (including phenoxy) is 2. The molecule has 0 rings (SSSR count). The van der Waals surface area contributed by atoms with Crippen LogP contribution in [0.1, 0.15) is 0 Å². The van der Waals surface area contributed by atoms with E-state index < -0.39 is 12.0 Å². The van der Waals surface area contributed by atoms with E-state index >= 15 is 0 Å². The van der Waals surface area contributed by atoms with Gasteiger partial charge in [-0.15, -0.1) is 0 Å². The number of amides is 1. The van der Waals surface area contributed by atoms with Crippen LogP contribution in [0.3, 0.4) is 0 Å². The maximum Gasteiger partial charge on any atom is 0.329 e. The van der Waals surface area contributed by atoms with Gasteiger partial charge in [0, 0.05) is 18.6 Å². The summed E-state index contributed by atoms with van der Waals surface area (Å²) in [5.41, 5.74) is 0. The number of esters is 1. The summed E-state index contributed by atoms with van der Waals surface area (Å²) in [5.74, 6) is 1.32. The van der Waals surface area contributed by atoms with E-state index in [0.29, 0.717) is 18.1 Å². The second-order valence-electron chi connectivity index (χ2n) is 3.24. The lowest BCUT2D eigenvalue weighted by Crippen LogP contribution is -2.44. The van der Waals surface area contributed by atoms with Crippen molar-refractivity contribution in [3.8, 4) is 0 Å². The lowest BCUT2D eigenvalue weighted by Gasteiger charge is -2.15. The first-order valence-corrected chi connectivity index (χ1v) is 7.82. The number of hydrogen-bond donors (Lipinski definition) is 3. The second-order valence-corrected chi connectivity index (χ2v) is 5.16. The van der Waals surface area contributed by atoms with Crippen LogP contribution < -0.4 is 5.32 Å². The highest BCUT2D eigenvalue weighted by Crippen LogP contribution is 2.01. The zero-order valence-corrected chi connectivity index (χ0v) is 12.9. The van der Waals surface area contributed by atoms with Gasteiger partial charge in [0.05, 0.1) is 12.4 Å². The molecule has 0 aliphatic rings. The van der Waals surface area contributed by atoms with Crippen molar-refractivity contribution in [3.05, 3.63) is 0 Å². The normalized spacial score (nSPS) is 11.9. The lowest BCUT2D eigenvalue weighted by molar-refractivity contribution is -0.148. The lowest BCUT2D eigenvalue weighted by atomic mass is 10.3. The molecule has 0 spiro atoms. The zero-order chi connectivity index (χ0) is 13.8. The average Bonchev–Trinajstić information content (AvgIpc) is 2.36. The molecular weight excluding hydrogens is 294 g/mol. The minimum atomic E-state index is -0.714. The Balaban J connectivity index is 3.93. The molecule has 1 N–H and O–H groups in total. The SMILES string of the molecule is COCCOC(=O)C(CS)NC(=O)CSCCS. The molecule has 8 heteroatoms. The van der Waals surface area contributed by atoms with Crippen LogP contribution in [0.5, 0.6) is 0 Å². The average molecular weight is 313 g/mol. The molecule has 0 fully saturated rings. The maximum atomic E-state index is 11.6. The number of thiol groups is 2. The monoisotopic (exact) mass is 313 g/mol. The largest absolute Gasteiger partial charge is 0.462 e. The van der Waals surface area contributed by atoms with Gasteiger partial charge in [0.25, 0.3) is 0 Å². The van der Waals surface area contributed by atoms with Crippen molar-refractivity contribution in [2.45, 2.75) is 6.04 Å². The van der Waals surface area contributed by atoms with Crippen LogP contribution in [0, 0.1) is 0 Å². The van der Waals surface area contributed by atoms with Crippen LogP contribution in [-0.2, 0) is 19.1 Å². The highest BCUT2D eigenvalue weighted by molar-refractivity contribution is 8.00. The van der Waals surface area contributed by atoms with Crippen LogP contribution in [-0.4, -0.2) is 61.3 Å². The molecule has 0 saturated carbocycles. The molecule has 0 bridgehead atoms. The Bertz CT molecular complexity index is 253. The first-order valence-electron chi connectivity index (χ1n) is 5.40. The molecule has 0 aliphatic carbocycles. The summed E-state index contributed by atoms with van der Waals surface area (Å²) < 4.78 is 9.67. The van der Waals surface area contributed by atoms with Crippen LogP contribution in [0.2, 0.25) is 0 Å². The Morgan fingerprint density at radius 3 is 2.61 bits per heavy atom. The molecule has 5 nitrogen and oxygen atoms in total. The first-order chi connectivity index (χ1) is 8.65. The standard InChI is InChI=1S/C10H19NO4S3/c1-14-2-3-15-10(13)8(6-17)11-9(12)7-18-5-4-16/h8,16-17H,2-7H2,1H3,(H,11,12). The molecule has 0 aromatic carbocycles. The zero-order valence-electron chi connectivity index (χ0n) is 10.3. The summed E-state index contributed by atoms with van der Waals surface area (Å²) in [6.45, 7) is 0.501. The number of nitrogens with one attached hydrogen (secondary N) is 1. The molecule has 0 aromatic heterocycles. The van der Waals surface area contributed by atoms with Crippen LogP contribution in [0.25, 0.3) is 0 Å². The Morgan fingerprint density at radius 2 is 2.06 bits per heavy atom. The molecule has 0 saturated heterocycles. The van der Waals surface area contributed by atoms with Gasteiger partial charge < -0.3 is 14.8 Å². The Labute approximate surface area is 123 Å². The van der Waals surface area contributed by atoms with Crippen molar-refractivity contribution < 1.29 is 19.1 Å². The second kappa shape index (κ2) is 12.0. The number of hydrogen-bond acceptors (Lipinski definition) is 7. The van der Waals surface area contributed by atoms with Gasteiger partial charge in [0.1, 0.15) is 12.6 Å². The van der Waals surface area contributed by atoms with E-state index in [9.17, 15) is 9.59 Å². The van der Waals surface area contributed by atoms with E-state index in [0.717, 1.165) is 5.75 Å². The molecule has 1 amide bonds. The van der Waals surface area contributed by atoms with Crippen molar-refractivity contribution in [3.63, 3.8) is 0 Å². The molecule has 0 radical (unpaired) electrons. The predicted octanol–water partition coefficient (Wildman–Crippen LogP) is 0.254. The summed E-state index contributed by atoms with van der Waals surface area (Å²) in [6, 6.07) is -0.714. The van der Waals surface area contributed by atoms with E-state index in [1.165, 1.54) is 18.9 Å². The fraction of sp³-hybridized carbons (Fsp3) is 0.800. The van der Waals surface area contributed by atoms with Gasteiger partial charge in [-0.25, -0.2) is 4.79 Å². The predicted molar refractivity (Wildman–Crippen MR) is 79.8 cm³/mol. The minimum Gasteiger partial charge on any atom is -0.462 e. The highest BCUT2D eigenvalue weighted by atomic mass is 32.2. The molecule has 0 aromatic rings. The molecule has 18 heavy (non-hydrogen) atoms. The van der Waals surface area contributed by atoms with Gasteiger partial charge in [-0.1, -0.05) is 0 Å². The molecule has 1 atom stereocenters. The fourth-order valence-corrected chi connectivity index (χ4v) is 2.14. The Hall–Kier alpha value is -0.0500. The highest BCUT2D eigenvalue weighted by Gasteiger charge is 2.20. The number of carbonyl (C=O) groups excluding carboxylic acids is 2. The summed E-state index contributed by atoms with van der Waals surface area (Å²) in [5, 5.41) is 2.58. The van der Waals surface area contributed by atoms with Crippen molar-refractivity contribution in [1.29, 1.82) is 0 Å². The van der Waals surface area contributed by atoms with E-state index in [1.54, 1.807) is 0 Å². The summed E-state index contributed by atoms with van der Waals surface area (Å²) >= 11 is 9.52. The Morgan fingerprint density at radius 1 is 1.33 bits per heavy atom. The van der Waals surface area contributed by atoms with Gasteiger partial charge in [-0.2, -0.15) is 37.0 Å². The van der Waals surface area contributed by atoms with Crippen molar-refractivity contribution in [2.24, 2.45) is 0 Å². The Kier molecular flexibility index (Phi) is 12.0. The number of thioether (sulfide) groups is 1. The minimum absolute atomic E-state index is 0.171. The van der Waals surface area contributed by atoms with Crippen molar-refractivity contribution in [2.75, 3.05) is 43.3 Å². The van der Waals surface area contributed by atoms with Crippen LogP contribution in [0.15, 0.2) is 0 Å². The molecule has 0 aliphatic heterocycles. The van der Waals surface area contributed by atoms with Gasteiger partial charge in [-0.3, -0.25) is 4.79 Å². The third-order valence-corrected chi connectivity index (χ3v) is 3.65. The first kappa shape index (κ1) is 17.9. The van der Waals surface area contributed by atoms with E-state index in [4.69, 9.17) is 9.47 Å². The summed E-state index contributed by atoms with van der Waals surface area (Å²) in [4.78, 5) is 23.1. The number of carbonyl (C=O) groups is 2. The summed E-state index contributed by atoms with van der Waals surface area (Å²) in [6.07, 6.45) is 0. The molecule has 1 unspecified atom stereocenters. The maximum absolute atomic E-state index is 11.6. The van der Waals surface area contributed by atoms with Crippen molar-refractivity contribution >= 4 is 48.9 Å². The van der Waals surface area contributed by atoms with Crippen LogP contribution in [0.4, 0.5) is 0 Å². The number of methoxy groups -OCH3 is 1. The van der Waals surface area contributed by atoms with E-state index in [-0.39, 0.29) is 18.3 Å². The number of rotatable bonds is 10. The van der Waals surface area contributed by atoms with Crippen molar-refractivity contribution in [1.82, 2.24) is 5.32 Å². The molecule has 0 heterocycles. The third kappa shape index (κ3) is 8.96. The van der Waals surface area contributed by atoms with Crippen LogP contribution >= 0.6 is 37.0 Å². The van der Waals surface area contributed by atoms with Gasteiger partial charge in [0.15, 0.2) is 0 Å². The fourth-order valence-electron chi connectivity index (χ4n) is 0.971.